The Hall–Kier alpha value is -2.52. The molecule has 2 aromatic carbocycles. The highest BCUT2D eigenvalue weighted by molar-refractivity contribution is 5.83. The van der Waals surface area contributed by atoms with Crippen molar-refractivity contribution in [2.75, 3.05) is 13.7 Å². The van der Waals surface area contributed by atoms with Crippen molar-refractivity contribution in [2.24, 2.45) is 0 Å². The summed E-state index contributed by atoms with van der Waals surface area (Å²) >= 11 is 0. The average molecular weight is 322 g/mol. The zero-order valence-electron chi connectivity index (χ0n) is 14.7. The molecule has 0 aliphatic rings. The van der Waals surface area contributed by atoms with Gasteiger partial charge in [-0.3, -0.25) is 0 Å². The van der Waals surface area contributed by atoms with Crippen LogP contribution in [0.5, 0.6) is 5.75 Å². The lowest BCUT2D eigenvalue weighted by Gasteiger charge is -2.08. The van der Waals surface area contributed by atoms with Crippen LogP contribution in [0.15, 0.2) is 61.2 Å². The predicted octanol–water partition coefficient (Wildman–Crippen LogP) is 5.18. The van der Waals surface area contributed by atoms with Crippen LogP contribution in [0.25, 0.3) is 17.0 Å². The van der Waals surface area contributed by atoms with Crippen LogP contribution in [0, 0.1) is 0 Å². The molecule has 3 nitrogen and oxygen atoms in total. The molecular formula is C21H26N2O. The minimum Gasteiger partial charge on any atom is -0.494 e. The lowest BCUT2D eigenvalue weighted by molar-refractivity contribution is 0.341. The van der Waals surface area contributed by atoms with Gasteiger partial charge in [-0.1, -0.05) is 36.9 Å². The summed E-state index contributed by atoms with van der Waals surface area (Å²) in [6.45, 7) is 8.55. The standard InChI is InChI=1S/C12H13NO.C9H13N/c1-3-10-7-9-8-11(14-4-2)5-6-12(9)13-10;1-8(10-2)9-6-4-3-5-7-9/h3,5-8,13H,1,4H2,2H3;3-8,10H,1-2H3. The number of fused-ring (bicyclic) bond motifs is 1. The Balaban J connectivity index is 0.000000185. The SMILES string of the molecule is C=Cc1cc2cc(OCC)ccc2[nH]1.CNC(C)c1ccccc1. The van der Waals surface area contributed by atoms with Crippen molar-refractivity contribution in [3.8, 4) is 5.75 Å². The van der Waals surface area contributed by atoms with Gasteiger partial charge in [-0.05, 0) is 56.8 Å². The van der Waals surface area contributed by atoms with Crippen LogP contribution in [0.1, 0.15) is 31.1 Å². The molecular weight excluding hydrogens is 296 g/mol. The number of hydrogen-bond acceptors (Lipinski definition) is 2. The Labute approximate surface area is 144 Å². The lowest BCUT2D eigenvalue weighted by Crippen LogP contribution is -2.11. The molecule has 1 atom stereocenters. The minimum absolute atomic E-state index is 0.459. The molecule has 126 valence electrons. The summed E-state index contributed by atoms with van der Waals surface area (Å²) in [6.07, 6.45) is 1.81. The summed E-state index contributed by atoms with van der Waals surface area (Å²) in [6, 6.07) is 18.9. The van der Waals surface area contributed by atoms with Gasteiger partial charge in [0.05, 0.1) is 6.61 Å². The third-order valence-electron chi connectivity index (χ3n) is 3.88. The van der Waals surface area contributed by atoms with Gasteiger partial charge in [0.25, 0.3) is 0 Å². The number of ether oxygens (including phenoxy) is 1. The fourth-order valence-electron chi connectivity index (χ4n) is 2.41. The zero-order chi connectivity index (χ0) is 17.4. The maximum absolute atomic E-state index is 5.42. The predicted molar refractivity (Wildman–Crippen MR) is 103 cm³/mol. The van der Waals surface area contributed by atoms with E-state index in [1.165, 1.54) is 5.56 Å². The summed E-state index contributed by atoms with van der Waals surface area (Å²) in [5, 5.41) is 4.34. The van der Waals surface area contributed by atoms with E-state index in [0.29, 0.717) is 12.6 Å². The molecule has 0 saturated heterocycles. The molecule has 3 heteroatoms. The smallest absolute Gasteiger partial charge is 0.120 e. The van der Waals surface area contributed by atoms with Gasteiger partial charge in [0.2, 0.25) is 0 Å². The van der Waals surface area contributed by atoms with Crippen molar-refractivity contribution < 1.29 is 4.74 Å². The number of aromatic nitrogens is 1. The van der Waals surface area contributed by atoms with E-state index in [1.54, 1.807) is 6.08 Å². The lowest BCUT2D eigenvalue weighted by atomic mass is 10.1. The van der Waals surface area contributed by atoms with Gasteiger partial charge in [-0.15, -0.1) is 0 Å². The van der Waals surface area contributed by atoms with E-state index in [0.717, 1.165) is 22.3 Å². The molecule has 1 unspecified atom stereocenters. The maximum Gasteiger partial charge on any atom is 0.120 e. The molecule has 0 fully saturated rings. The third-order valence-corrected chi connectivity index (χ3v) is 3.88. The van der Waals surface area contributed by atoms with Gasteiger partial charge in [-0.25, -0.2) is 0 Å². The molecule has 1 aromatic heterocycles. The summed E-state index contributed by atoms with van der Waals surface area (Å²) in [5.41, 5.74) is 3.49. The van der Waals surface area contributed by atoms with Crippen molar-refractivity contribution in [3.63, 3.8) is 0 Å². The second kappa shape index (κ2) is 8.94. The van der Waals surface area contributed by atoms with Gasteiger partial charge < -0.3 is 15.0 Å². The monoisotopic (exact) mass is 322 g/mol. The number of benzene rings is 2. The summed E-state index contributed by atoms with van der Waals surface area (Å²) in [5.74, 6) is 0.912. The van der Waals surface area contributed by atoms with Crippen molar-refractivity contribution >= 4 is 17.0 Å². The van der Waals surface area contributed by atoms with Crippen molar-refractivity contribution in [2.45, 2.75) is 19.9 Å². The molecule has 0 saturated carbocycles. The minimum atomic E-state index is 0.459. The van der Waals surface area contributed by atoms with E-state index in [-0.39, 0.29) is 0 Å². The molecule has 0 spiro atoms. The third kappa shape index (κ3) is 4.74. The van der Waals surface area contributed by atoms with E-state index < -0.39 is 0 Å². The maximum atomic E-state index is 5.42. The van der Waals surface area contributed by atoms with Crippen molar-refractivity contribution in [3.05, 3.63) is 72.4 Å². The van der Waals surface area contributed by atoms with Gasteiger partial charge >= 0.3 is 0 Å². The molecule has 0 bridgehead atoms. The summed E-state index contributed by atoms with van der Waals surface area (Å²) in [4.78, 5) is 3.24. The number of nitrogens with one attached hydrogen (secondary N) is 2. The van der Waals surface area contributed by atoms with Crippen LogP contribution in [-0.4, -0.2) is 18.6 Å². The Bertz CT molecular complexity index is 762. The summed E-state index contributed by atoms with van der Waals surface area (Å²) in [7, 11) is 1.97. The fourth-order valence-corrected chi connectivity index (χ4v) is 2.41. The summed E-state index contributed by atoms with van der Waals surface area (Å²) < 4.78 is 5.42. The van der Waals surface area contributed by atoms with Gasteiger partial charge in [0, 0.05) is 22.6 Å². The highest BCUT2D eigenvalue weighted by Crippen LogP contribution is 2.21. The van der Waals surface area contributed by atoms with E-state index in [9.17, 15) is 0 Å². The number of hydrogen-bond donors (Lipinski definition) is 2. The molecule has 1 heterocycles. The number of aromatic amines is 1. The van der Waals surface area contributed by atoms with E-state index in [1.807, 2.05) is 38.2 Å². The van der Waals surface area contributed by atoms with E-state index in [2.05, 4.69) is 54.1 Å². The fraction of sp³-hybridized carbons (Fsp3) is 0.238. The van der Waals surface area contributed by atoms with Crippen molar-refractivity contribution in [1.29, 1.82) is 0 Å². The Kier molecular flexibility index (Phi) is 6.64. The first-order valence-electron chi connectivity index (χ1n) is 8.28. The molecule has 0 amide bonds. The van der Waals surface area contributed by atoms with Gasteiger partial charge in [0.1, 0.15) is 5.75 Å². The largest absolute Gasteiger partial charge is 0.494 e. The number of H-pyrrole nitrogens is 1. The highest BCUT2D eigenvalue weighted by atomic mass is 16.5. The normalized spacial score (nSPS) is 11.5. The molecule has 3 aromatic rings. The van der Waals surface area contributed by atoms with Crippen LogP contribution in [0.2, 0.25) is 0 Å². The highest BCUT2D eigenvalue weighted by Gasteiger charge is 2.00. The van der Waals surface area contributed by atoms with E-state index in [4.69, 9.17) is 4.74 Å². The zero-order valence-corrected chi connectivity index (χ0v) is 14.7. The molecule has 3 rings (SSSR count). The second-order valence-electron chi connectivity index (χ2n) is 5.53. The molecule has 2 N–H and O–H groups in total. The van der Waals surface area contributed by atoms with Crippen molar-refractivity contribution in [1.82, 2.24) is 10.3 Å². The van der Waals surface area contributed by atoms with Crippen LogP contribution in [-0.2, 0) is 0 Å². The first-order valence-corrected chi connectivity index (χ1v) is 8.28. The van der Waals surface area contributed by atoms with Crippen LogP contribution >= 0.6 is 0 Å². The molecule has 24 heavy (non-hydrogen) atoms. The van der Waals surface area contributed by atoms with E-state index >= 15 is 0 Å². The molecule has 0 radical (unpaired) electrons. The second-order valence-corrected chi connectivity index (χ2v) is 5.53. The van der Waals surface area contributed by atoms with Crippen LogP contribution in [0.3, 0.4) is 0 Å². The Morgan fingerprint density at radius 1 is 1.17 bits per heavy atom. The van der Waals surface area contributed by atoms with Gasteiger partial charge in [0.15, 0.2) is 0 Å². The quantitative estimate of drug-likeness (QED) is 0.679. The Morgan fingerprint density at radius 3 is 2.54 bits per heavy atom. The van der Waals surface area contributed by atoms with Crippen LogP contribution in [0.4, 0.5) is 0 Å². The first-order chi connectivity index (χ1) is 11.7. The average Bonchev–Trinajstić information content (AvgIpc) is 3.05. The Morgan fingerprint density at radius 2 is 1.92 bits per heavy atom. The molecule has 0 aliphatic heterocycles. The topological polar surface area (TPSA) is 37.0 Å². The molecule has 0 aliphatic carbocycles. The van der Waals surface area contributed by atoms with Crippen LogP contribution < -0.4 is 10.1 Å². The first kappa shape index (κ1) is 17.8. The number of rotatable bonds is 5. The van der Waals surface area contributed by atoms with Gasteiger partial charge in [-0.2, -0.15) is 0 Å².